The molecule has 0 amide bonds. The fourth-order valence-electron chi connectivity index (χ4n) is 2.46. The highest BCUT2D eigenvalue weighted by atomic mass is 127. The highest BCUT2D eigenvalue weighted by molar-refractivity contribution is 14.0. The number of benzene rings is 1. The third kappa shape index (κ3) is 6.11. The number of rotatable bonds is 7. The number of ether oxygens (including phenoxy) is 1. The molecule has 0 atom stereocenters. The molecule has 0 saturated carbocycles. The molecule has 6 nitrogen and oxygen atoms in total. The summed E-state index contributed by atoms with van der Waals surface area (Å²) in [6, 6.07) is 6.03. The van der Waals surface area contributed by atoms with Gasteiger partial charge in [-0.05, 0) is 25.0 Å². The number of nitrogens with zero attached hydrogens (tertiary/aromatic N) is 3. The highest BCUT2D eigenvalue weighted by Gasteiger charge is 2.11. The van der Waals surface area contributed by atoms with Crippen molar-refractivity contribution in [2.75, 3.05) is 20.7 Å². The average molecular weight is 479 g/mol. The lowest BCUT2D eigenvalue weighted by Gasteiger charge is -2.14. The number of nitrogens with one attached hydrogen (secondary N) is 2. The Hall–Kier alpha value is -1.91. The van der Waals surface area contributed by atoms with Gasteiger partial charge in [0.25, 0.3) is 0 Å². The molecule has 26 heavy (non-hydrogen) atoms. The first-order valence-electron chi connectivity index (χ1n) is 7.93. The molecular weight excluding hydrogens is 455 g/mol. The molecule has 0 aliphatic rings. The zero-order valence-electron chi connectivity index (χ0n) is 15.0. The molecule has 2 rings (SSSR count). The lowest BCUT2D eigenvalue weighted by atomic mass is 10.1. The first-order chi connectivity index (χ1) is 12.0. The summed E-state index contributed by atoms with van der Waals surface area (Å²) in [5.41, 5.74) is 2.26. The van der Waals surface area contributed by atoms with Crippen LogP contribution in [0.4, 0.5) is 8.78 Å². The van der Waals surface area contributed by atoms with Crippen LogP contribution in [0.2, 0.25) is 0 Å². The molecule has 0 spiro atoms. The minimum atomic E-state index is -2.61. The summed E-state index contributed by atoms with van der Waals surface area (Å²) in [5, 5.41) is 6.14. The van der Waals surface area contributed by atoms with E-state index in [1.165, 1.54) is 12.4 Å². The predicted octanol–water partition coefficient (Wildman–Crippen LogP) is 3.12. The van der Waals surface area contributed by atoms with Gasteiger partial charge in [-0.15, -0.1) is 24.0 Å². The molecule has 0 radical (unpaired) electrons. The maximum absolute atomic E-state index is 12.8. The number of halogens is 3. The fourth-order valence-corrected chi connectivity index (χ4v) is 2.46. The van der Waals surface area contributed by atoms with Crippen LogP contribution in [0, 0.1) is 6.92 Å². The van der Waals surface area contributed by atoms with Crippen molar-refractivity contribution < 1.29 is 13.5 Å². The number of aryl methyl sites for hydroxylation is 1. The standard InChI is InChI=1S/C17H23F2N5O.HI/c1-12-4-5-14(25-3)13(10-12)6-7-22-17(20-2)23-11-15-21-8-9-24(15)16(18)19;/h4-5,8-10,16H,6-7,11H2,1-3H3,(H2,20,22,23);1H. The number of aromatic nitrogens is 2. The third-order valence-electron chi connectivity index (χ3n) is 3.72. The van der Waals surface area contributed by atoms with Gasteiger partial charge in [0.15, 0.2) is 5.96 Å². The average Bonchev–Trinajstić information content (AvgIpc) is 3.07. The third-order valence-corrected chi connectivity index (χ3v) is 3.72. The van der Waals surface area contributed by atoms with Crippen molar-refractivity contribution in [2.45, 2.75) is 26.4 Å². The summed E-state index contributed by atoms with van der Waals surface area (Å²) in [7, 11) is 3.27. The van der Waals surface area contributed by atoms with Gasteiger partial charge in [0.1, 0.15) is 11.6 Å². The summed E-state index contributed by atoms with van der Waals surface area (Å²) in [4.78, 5) is 8.02. The molecular formula is C17H24F2IN5O. The van der Waals surface area contributed by atoms with E-state index in [0.717, 1.165) is 27.9 Å². The smallest absolute Gasteiger partial charge is 0.319 e. The molecule has 1 heterocycles. The summed E-state index contributed by atoms with van der Waals surface area (Å²) in [6.07, 6.45) is 3.35. The van der Waals surface area contributed by atoms with Gasteiger partial charge in [0.2, 0.25) is 0 Å². The van der Waals surface area contributed by atoms with Gasteiger partial charge in [-0.25, -0.2) is 4.98 Å². The zero-order chi connectivity index (χ0) is 18.2. The van der Waals surface area contributed by atoms with Crippen molar-refractivity contribution in [1.82, 2.24) is 20.2 Å². The van der Waals surface area contributed by atoms with Crippen molar-refractivity contribution in [3.05, 3.63) is 47.5 Å². The number of aliphatic imine (C=N–C) groups is 1. The van der Waals surface area contributed by atoms with Crippen LogP contribution in [0.3, 0.4) is 0 Å². The molecule has 2 N–H and O–H groups in total. The first kappa shape index (κ1) is 22.1. The minimum absolute atomic E-state index is 0. The van der Waals surface area contributed by atoms with Gasteiger partial charge in [-0.1, -0.05) is 17.7 Å². The van der Waals surface area contributed by atoms with Crippen LogP contribution in [-0.4, -0.2) is 36.2 Å². The molecule has 1 aromatic heterocycles. The van der Waals surface area contributed by atoms with Crippen LogP contribution in [0.25, 0.3) is 0 Å². The summed E-state index contributed by atoms with van der Waals surface area (Å²) < 4.78 is 31.8. The van der Waals surface area contributed by atoms with E-state index in [0.29, 0.717) is 12.5 Å². The Kier molecular flexibility index (Phi) is 9.31. The topological polar surface area (TPSA) is 63.5 Å². The summed E-state index contributed by atoms with van der Waals surface area (Å²) in [6.45, 7) is 0.207. The number of guanidine groups is 1. The predicted molar refractivity (Wildman–Crippen MR) is 109 cm³/mol. The molecule has 0 aliphatic carbocycles. The second kappa shape index (κ2) is 10.9. The van der Waals surface area contributed by atoms with E-state index in [1.807, 2.05) is 19.1 Å². The van der Waals surface area contributed by atoms with Crippen molar-refractivity contribution in [3.8, 4) is 5.75 Å². The van der Waals surface area contributed by atoms with Crippen LogP contribution in [0.1, 0.15) is 23.5 Å². The summed E-state index contributed by atoms with van der Waals surface area (Å²) in [5.74, 6) is 1.61. The van der Waals surface area contributed by atoms with Crippen molar-refractivity contribution in [1.29, 1.82) is 0 Å². The summed E-state index contributed by atoms with van der Waals surface area (Å²) >= 11 is 0. The maximum Gasteiger partial charge on any atom is 0.319 e. The van der Waals surface area contributed by atoms with E-state index in [2.05, 4.69) is 26.7 Å². The van der Waals surface area contributed by atoms with Crippen LogP contribution >= 0.6 is 24.0 Å². The number of hydrogen-bond donors (Lipinski definition) is 2. The Morgan fingerprint density at radius 1 is 1.35 bits per heavy atom. The van der Waals surface area contributed by atoms with Crippen LogP contribution < -0.4 is 15.4 Å². The van der Waals surface area contributed by atoms with Crippen LogP contribution in [0.15, 0.2) is 35.6 Å². The van der Waals surface area contributed by atoms with Gasteiger partial charge in [-0.2, -0.15) is 8.78 Å². The van der Waals surface area contributed by atoms with E-state index in [9.17, 15) is 8.78 Å². The van der Waals surface area contributed by atoms with Crippen LogP contribution in [0.5, 0.6) is 5.75 Å². The molecule has 0 saturated heterocycles. The number of imidazole rings is 1. The van der Waals surface area contributed by atoms with E-state index in [1.54, 1.807) is 14.2 Å². The zero-order valence-corrected chi connectivity index (χ0v) is 17.3. The van der Waals surface area contributed by atoms with Gasteiger partial charge >= 0.3 is 6.55 Å². The second-order valence-electron chi connectivity index (χ2n) is 5.45. The van der Waals surface area contributed by atoms with Gasteiger partial charge in [-0.3, -0.25) is 9.56 Å². The number of methoxy groups -OCH3 is 1. The SMILES string of the molecule is CN=C(NCCc1cc(C)ccc1OC)NCc1nccn1C(F)F.I. The molecule has 144 valence electrons. The highest BCUT2D eigenvalue weighted by Crippen LogP contribution is 2.19. The van der Waals surface area contributed by atoms with Crippen molar-refractivity contribution >= 4 is 29.9 Å². The second-order valence-corrected chi connectivity index (χ2v) is 5.45. The lowest BCUT2D eigenvalue weighted by molar-refractivity contribution is 0.0668. The first-order valence-corrected chi connectivity index (χ1v) is 7.93. The lowest BCUT2D eigenvalue weighted by Crippen LogP contribution is -2.38. The monoisotopic (exact) mass is 479 g/mol. The molecule has 1 aromatic carbocycles. The Bertz CT molecular complexity index is 721. The Morgan fingerprint density at radius 2 is 2.12 bits per heavy atom. The normalized spacial score (nSPS) is 11.2. The Morgan fingerprint density at radius 3 is 2.77 bits per heavy atom. The largest absolute Gasteiger partial charge is 0.496 e. The quantitative estimate of drug-likeness (QED) is 0.364. The van der Waals surface area contributed by atoms with E-state index in [-0.39, 0.29) is 36.3 Å². The van der Waals surface area contributed by atoms with Gasteiger partial charge in [0, 0.05) is 26.0 Å². The van der Waals surface area contributed by atoms with Crippen molar-refractivity contribution in [3.63, 3.8) is 0 Å². The van der Waals surface area contributed by atoms with Gasteiger partial charge in [0.05, 0.1) is 13.7 Å². The van der Waals surface area contributed by atoms with Gasteiger partial charge < -0.3 is 15.4 Å². The Labute approximate surface area is 169 Å². The number of hydrogen-bond acceptors (Lipinski definition) is 3. The molecule has 0 unspecified atom stereocenters. The molecule has 9 heteroatoms. The number of alkyl halides is 2. The molecule has 2 aromatic rings. The van der Waals surface area contributed by atoms with E-state index in [4.69, 9.17) is 4.74 Å². The van der Waals surface area contributed by atoms with E-state index >= 15 is 0 Å². The van der Waals surface area contributed by atoms with Crippen LogP contribution in [-0.2, 0) is 13.0 Å². The molecule has 0 bridgehead atoms. The molecule has 0 fully saturated rings. The maximum atomic E-state index is 12.8. The Balaban J connectivity index is 0.00000338. The van der Waals surface area contributed by atoms with E-state index < -0.39 is 6.55 Å². The molecule has 0 aliphatic heterocycles. The van der Waals surface area contributed by atoms with Crippen molar-refractivity contribution in [2.24, 2.45) is 4.99 Å². The fraction of sp³-hybridized carbons (Fsp3) is 0.412. The minimum Gasteiger partial charge on any atom is -0.496 e.